The topological polar surface area (TPSA) is 76.2 Å². The summed E-state index contributed by atoms with van der Waals surface area (Å²) in [6.45, 7) is 4.76. The highest BCUT2D eigenvalue weighted by Crippen LogP contribution is 2.19. The van der Waals surface area contributed by atoms with E-state index >= 15 is 0 Å². The van der Waals surface area contributed by atoms with Crippen molar-refractivity contribution < 1.29 is 0 Å². The highest BCUT2D eigenvalue weighted by Gasteiger charge is 2.13. The largest absolute Gasteiger partial charge is 0.370 e. The Morgan fingerprint density at radius 2 is 2.05 bits per heavy atom. The molecule has 0 radical (unpaired) electrons. The summed E-state index contributed by atoms with van der Waals surface area (Å²) < 4.78 is 0. The Labute approximate surface area is 141 Å². The standard InChI is InChI=1S/C13H23N5S.HI/c1-9(2)12-18-17-11(19-12)8-15-13(14)16-10-6-4-3-5-7-10;/h9-10H,3-8H2,1-2H3,(H3,14,15,16);1H. The Morgan fingerprint density at radius 1 is 1.35 bits per heavy atom. The molecular weight excluding hydrogens is 385 g/mol. The molecule has 1 heterocycles. The zero-order valence-electron chi connectivity index (χ0n) is 12.1. The second-order valence-corrected chi connectivity index (χ2v) is 6.46. The van der Waals surface area contributed by atoms with Gasteiger partial charge in [0.25, 0.3) is 0 Å². The van der Waals surface area contributed by atoms with E-state index in [2.05, 4.69) is 34.4 Å². The lowest BCUT2D eigenvalue weighted by molar-refractivity contribution is 0.412. The van der Waals surface area contributed by atoms with Crippen LogP contribution in [0.25, 0.3) is 0 Å². The Bertz CT molecular complexity index is 426. The van der Waals surface area contributed by atoms with Crippen molar-refractivity contribution in [1.82, 2.24) is 15.5 Å². The molecule has 114 valence electrons. The van der Waals surface area contributed by atoms with Gasteiger partial charge in [0.2, 0.25) is 0 Å². The van der Waals surface area contributed by atoms with Crippen molar-refractivity contribution in [3.63, 3.8) is 0 Å². The Balaban J connectivity index is 0.00000200. The molecule has 3 N–H and O–H groups in total. The minimum atomic E-state index is 0. The number of nitrogens with zero attached hydrogens (tertiary/aromatic N) is 3. The number of nitrogens with one attached hydrogen (secondary N) is 1. The van der Waals surface area contributed by atoms with Gasteiger partial charge in [-0.15, -0.1) is 34.2 Å². The quantitative estimate of drug-likeness (QED) is 0.456. The van der Waals surface area contributed by atoms with Crippen LogP contribution in [0.5, 0.6) is 0 Å². The van der Waals surface area contributed by atoms with Crippen LogP contribution >= 0.6 is 35.3 Å². The van der Waals surface area contributed by atoms with E-state index in [1.807, 2.05) is 0 Å². The maximum Gasteiger partial charge on any atom is 0.189 e. The first-order valence-electron chi connectivity index (χ1n) is 7.04. The fourth-order valence-electron chi connectivity index (χ4n) is 2.22. The summed E-state index contributed by atoms with van der Waals surface area (Å²) in [5, 5.41) is 13.6. The van der Waals surface area contributed by atoms with E-state index in [1.165, 1.54) is 32.1 Å². The monoisotopic (exact) mass is 409 g/mol. The molecule has 1 fully saturated rings. The number of hydrogen-bond donors (Lipinski definition) is 2. The van der Waals surface area contributed by atoms with Gasteiger partial charge in [0.05, 0.1) is 6.54 Å². The first-order chi connectivity index (χ1) is 9.15. The number of guanidine groups is 1. The fourth-order valence-corrected chi connectivity index (χ4v) is 2.99. The molecule has 1 saturated carbocycles. The van der Waals surface area contributed by atoms with Crippen molar-refractivity contribution in [3.8, 4) is 0 Å². The second kappa shape index (κ2) is 8.76. The predicted molar refractivity (Wildman–Crippen MR) is 94.7 cm³/mol. The van der Waals surface area contributed by atoms with E-state index in [4.69, 9.17) is 5.73 Å². The molecule has 20 heavy (non-hydrogen) atoms. The molecule has 0 bridgehead atoms. The zero-order chi connectivity index (χ0) is 13.7. The van der Waals surface area contributed by atoms with E-state index in [0.717, 1.165) is 10.0 Å². The average molecular weight is 409 g/mol. The summed E-state index contributed by atoms with van der Waals surface area (Å²) in [5.41, 5.74) is 5.91. The van der Waals surface area contributed by atoms with Gasteiger partial charge in [0.1, 0.15) is 10.0 Å². The van der Waals surface area contributed by atoms with Gasteiger partial charge >= 0.3 is 0 Å². The number of rotatable bonds is 4. The normalized spacial score (nSPS) is 17.1. The zero-order valence-corrected chi connectivity index (χ0v) is 15.3. The SMILES string of the molecule is CC(C)c1nnc(CN=C(N)NC2CCCCC2)s1.I. The van der Waals surface area contributed by atoms with Crippen molar-refractivity contribution in [2.45, 2.75) is 64.5 Å². The van der Waals surface area contributed by atoms with Crippen LogP contribution in [0.1, 0.15) is 61.9 Å². The predicted octanol–water partition coefficient (Wildman–Crippen LogP) is 3.02. The maximum absolute atomic E-state index is 5.91. The minimum Gasteiger partial charge on any atom is -0.370 e. The summed E-state index contributed by atoms with van der Waals surface area (Å²) >= 11 is 1.62. The first-order valence-corrected chi connectivity index (χ1v) is 7.85. The van der Waals surface area contributed by atoms with E-state index in [0.29, 0.717) is 24.5 Å². The molecular formula is C13H24IN5S. The van der Waals surface area contributed by atoms with Gasteiger partial charge in [0, 0.05) is 12.0 Å². The molecule has 1 aromatic heterocycles. The number of hydrogen-bond acceptors (Lipinski definition) is 4. The Morgan fingerprint density at radius 3 is 2.65 bits per heavy atom. The Kier molecular flexibility index (Phi) is 7.71. The van der Waals surface area contributed by atoms with Crippen molar-refractivity contribution in [2.24, 2.45) is 10.7 Å². The van der Waals surface area contributed by atoms with Crippen molar-refractivity contribution >= 4 is 41.3 Å². The van der Waals surface area contributed by atoms with E-state index in [9.17, 15) is 0 Å². The van der Waals surface area contributed by atoms with Crippen molar-refractivity contribution in [1.29, 1.82) is 0 Å². The molecule has 1 aromatic rings. The third-order valence-electron chi connectivity index (χ3n) is 3.32. The maximum atomic E-state index is 5.91. The molecule has 5 nitrogen and oxygen atoms in total. The number of halogens is 1. The second-order valence-electron chi connectivity index (χ2n) is 5.37. The van der Waals surface area contributed by atoms with Crippen LogP contribution in [0.15, 0.2) is 4.99 Å². The molecule has 1 aliphatic rings. The minimum absolute atomic E-state index is 0. The highest BCUT2D eigenvalue weighted by atomic mass is 127. The van der Waals surface area contributed by atoms with Gasteiger partial charge in [0.15, 0.2) is 5.96 Å². The van der Waals surface area contributed by atoms with Gasteiger partial charge in [-0.25, -0.2) is 4.99 Å². The molecule has 2 rings (SSSR count). The summed E-state index contributed by atoms with van der Waals surface area (Å²) in [6, 6.07) is 0.498. The van der Waals surface area contributed by atoms with Crippen molar-refractivity contribution in [2.75, 3.05) is 0 Å². The van der Waals surface area contributed by atoms with Gasteiger partial charge in [-0.2, -0.15) is 0 Å². The molecule has 7 heteroatoms. The molecule has 0 aliphatic heterocycles. The third kappa shape index (κ3) is 5.51. The first kappa shape index (κ1) is 17.6. The molecule has 0 saturated heterocycles. The van der Waals surface area contributed by atoms with Crippen LogP contribution in [-0.4, -0.2) is 22.2 Å². The van der Waals surface area contributed by atoms with Crippen molar-refractivity contribution in [3.05, 3.63) is 10.0 Å². The summed E-state index contributed by atoms with van der Waals surface area (Å²) in [6.07, 6.45) is 6.33. The van der Waals surface area contributed by atoms with Crippen LogP contribution in [0.3, 0.4) is 0 Å². The number of nitrogens with two attached hydrogens (primary N) is 1. The fraction of sp³-hybridized carbons (Fsp3) is 0.769. The number of aliphatic imine (C=N–C) groups is 1. The van der Waals surface area contributed by atoms with E-state index < -0.39 is 0 Å². The van der Waals surface area contributed by atoms with Crippen LogP contribution in [0.4, 0.5) is 0 Å². The van der Waals surface area contributed by atoms with Crippen LogP contribution < -0.4 is 11.1 Å². The van der Waals surface area contributed by atoms with Crippen LogP contribution in [0, 0.1) is 0 Å². The van der Waals surface area contributed by atoms with Gasteiger partial charge in [-0.05, 0) is 12.8 Å². The van der Waals surface area contributed by atoms with Crippen LogP contribution in [0.2, 0.25) is 0 Å². The Hall–Kier alpha value is -0.440. The molecule has 0 amide bonds. The van der Waals surface area contributed by atoms with Gasteiger partial charge in [-0.3, -0.25) is 0 Å². The highest BCUT2D eigenvalue weighted by molar-refractivity contribution is 14.0. The lowest BCUT2D eigenvalue weighted by atomic mass is 9.96. The summed E-state index contributed by atoms with van der Waals surface area (Å²) in [4.78, 5) is 4.35. The molecule has 0 atom stereocenters. The summed E-state index contributed by atoms with van der Waals surface area (Å²) in [5.74, 6) is 0.959. The third-order valence-corrected chi connectivity index (χ3v) is 4.53. The molecule has 0 spiro atoms. The lowest BCUT2D eigenvalue weighted by Crippen LogP contribution is -2.41. The average Bonchev–Trinajstić information content (AvgIpc) is 2.86. The van der Waals surface area contributed by atoms with Gasteiger partial charge in [-0.1, -0.05) is 44.4 Å². The van der Waals surface area contributed by atoms with Gasteiger partial charge < -0.3 is 11.1 Å². The van der Waals surface area contributed by atoms with E-state index in [-0.39, 0.29) is 24.0 Å². The van der Waals surface area contributed by atoms with E-state index in [1.54, 1.807) is 11.3 Å². The smallest absolute Gasteiger partial charge is 0.189 e. The number of aromatic nitrogens is 2. The molecule has 0 aromatic carbocycles. The lowest BCUT2D eigenvalue weighted by Gasteiger charge is -2.23. The molecule has 0 unspecified atom stereocenters. The summed E-state index contributed by atoms with van der Waals surface area (Å²) in [7, 11) is 0. The molecule has 1 aliphatic carbocycles. The van der Waals surface area contributed by atoms with Crippen LogP contribution in [-0.2, 0) is 6.54 Å².